The summed E-state index contributed by atoms with van der Waals surface area (Å²) in [5, 5.41) is 9.37. The molecule has 1 aliphatic heterocycles. The fourth-order valence-corrected chi connectivity index (χ4v) is 3.86. The van der Waals surface area contributed by atoms with E-state index in [9.17, 15) is 9.90 Å². The first-order valence-electron chi connectivity index (χ1n) is 7.81. The zero-order chi connectivity index (χ0) is 16.7. The molecule has 6 nitrogen and oxygen atoms in total. The van der Waals surface area contributed by atoms with Crippen molar-refractivity contribution in [3.05, 3.63) is 35.0 Å². The fourth-order valence-electron chi connectivity index (χ4n) is 2.87. The largest absolute Gasteiger partial charge is 0.486 e. The minimum atomic E-state index is -0.894. The molecule has 24 heavy (non-hydrogen) atoms. The number of fused-ring (bicyclic) bond motifs is 2. The number of thiazole rings is 1. The van der Waals surface area contributed by atoms with Crippen LogP contribution in [0.5, 0.6) is 11.5 Å². The molecule has 4 rings (SSSR count). The maximum atomic E-state index is 11.4. The summed E-state index contributed by atoms with van der Waals surface area (Å²) < 4.78 is 13.0. The summed E-state index contributed by atoms with van der Waals surface area (Å²) in [5.74, 6) is 0.566. The second kappa shape index (κ2) is 5.83. The van der Waals surface area contributed by atoms with Crippen LogP contribution in [0.4, 0.5) is 0 Å². The smallest absolute Gasteiger partial charge is 0.347 e. The fraction of sp³-hybridized carbons (Fsp3) is 0.294. The summed E-state index contributed by atoms with van der Waals surface area (Å²) in [5.41, 5.74) is 2.53. The van der Waals surface area contributed by atoms with Gasteiger partial charge in [-0.25, -0.2) is 9.78 Å². The molecule has 3 aromatic rings. The Hall–Kier alpha value is -2.54. The van der Waals surface area contributed by atoms with E-state index in [0.717, 1.165) is 34.9 Å². The summed E-state index contributed by atoms with van der Waals surface area (Å²) in [6.07, 6.45) is 3.48. The van der Waals surface area contributed by atoms with E-state index in [1.165, 1.54) is 11.3 Å². The predicted octanol–water partition coefficient (Wildman–Crippen LogP) is 3.48. The zero-order valence-corrected chi connectivity index (χ0v) is 13.9. The Kier molecular flexibility index (Phi) is 3.65. The van der Waals surface area contributed by atoms with E-state index in [1.54, 1.807) is 0 Å². The van der Waals surface area contributed by atoms with E-state index >= 15 is 0 Å². The standard InChI is InChI=1S/C17H16N2O4S/c1-2-3-12-15(16(20)21)24-17-18-11(9-19(12)17)10-4-5-13-14(8-10)23-7-6-22-13/h4-5,8-9H,2-3,6-7H2,1H3,(H,20,21). The molecule has 1 aromatic carbocycles. The highest BCUT2D eigenvalue weighted by atomic mass is 32.1. The Morgan fingerprint density at radius 3 is 2.88 bits per heavy atom. The van der Waals surface area contributed by atoms with Crippen molar-refractivity contribution in [3.63, 3.8) is 0 Å². The number of aryl methyl sites for hydroxylation is 1. The number of imidazole rings is 1. The van der Waals surface area contributed by atoms with Crippen LogP contribution in [-0.4, -0.2) is 33.7 Å². The number of hydrogen-bond donors (Lipinski definition) is 1. The van der Waals surface area contributed by atoms with Crippen molar-refractivity contribution in [2.75, 3.05) is 13.2 Å². The van der Waals surface area contributed by atoms with Gasteiger partial charge in [0.1, 0.15) is 18.1 Å². The van der Waals surface area contributed by atoms with Crippen LogP contribution in [0.3, 0.4) is 0 Å². The zero-order valence-electron chi connectivity index (χ0n) is 13.1. The average molecular weight is 344 g/mol. The van der Waals surface area contributed by atoms with Gasteiger partial charge in [-0.1, -0.05) is 24.7 Å². The lowest BCUT2D eigenvalue weighted by molar-refractivity contribution is 0.0700. The second-order valence-electron chi connectivity index (χ2n) is 5.57. The van der Waals surface area contributed by atoms with Crippen LogP contribution in [0, 0.1) is 0 Å². The van der Waals surface area contributed by atoms with Gasteiger partial charge in [0.05, 0.1) is 5.69 Å². The van der Waals surface area contributed by atoms with Crippen LogP contribution in [0.1, 0.15) is 28.7 Å². The number of rotatable bonds is 4. The first-order chi connectivity index (χ1) is 11.7. The van der Waals surface area contributed by atoms with Crippen molar-refractivity contribution in [1.82, 2.24) is 9.38 Å². The molecular weight excluding hydrogens is 328 g/mol. The molecule has 0 spiro atoms. The van der Waals surface area contributed by atoms with Gasteiger partial charge in [-0.2, -0.15) is 0 Å². The van der Waals surface area contributed by atoms with Crippen LogP contribution in [-0.2, 0) is 6.42 Å². The first-order valence-corrected chi connectivity index (χ1v) is 8.63. The van der Waals surface area contributed by atoms with Gasteiger partial charge in [0.2, 0.25) is 0 Å². The number of carbonyl (C=O) groups is 1. The average Bonchev–Trinajstić information content (AvgIpc) is 3.14. The van der Waals surface area contributed by atoms with E-state index in [-0.39, 0.29) is 0 Å². The molecule has 7 heteroatoms. The molecule has 0 bridgehead atoms. The number of ether oxygens (including phenoxy) is 2. The van der Waals surface area contributed by atoms with Gasteiger partial charge in [-0.15, -0.1) is 0 Å². The molecule has 0 saturated heterocycles. The second-order valence-corrected chi connectivity index (χ2v) is 6.55. The summed E-state index contributed by atoms with van der Waals surface area (Å²) in [4.78, 5) is 17.1. The Morgan fingerprint density at radius 1 is 1.33 bits per heavy atom. The third-order valence-electron chi connectivity index (χ3n) is 3.94. The van der Waals surface area contributed by atoms with Gasteiger partial charge in [0.25, 0.3) is 0 Å². The molecule has 0 atom stereocenters. The molecular formula is C17H16N2O4S. The number of benzene rings is 1. The van der Waals surface area contributed by atoms with Crippen molar-refractivity contribution in [3.8, 4) is 22.8 Å². The van der Waals surface area contributed by atoms with Crippen molar-refractivity contribution >= 4 is 22.3 Å². The molecule has 1 N–H and O–H groups in total. The summed E-state index contributed by atoms with van der Waals surface area (Å²) in [6, 6.07) is 5.74. The van der Waals surface area contributed by atoms with Crippen LogP contribution in [0.15, 0.2) is 24.4 Å². The lowest BCUT2D eigenvalue weighted by atomic mass is 10.1. The van der Waals surface area contributed by atoms with Gasteiger partial charge in [-0.3, -0.25) is 4.40 Å². The van der Waals surface area contributed by atoms with E-state index in [2.05, 4.69) is 4.98 Å². The number of carboxylic acid groups (broad SMARTS) is 1. The molecule has 1 aliphatic rings. The van der Waals surface area contributed by atoms with Gasteiger partial charge in [0.15, 0.2) is 16.5 Å². The van der Waals surface area contributed by atoms with Crippen molar-refractivity contribution in [2.24, 2.45) is 0 Å². The third kappa shape index (κ3) is 2.41. The molecule has 0 radical (unpaired) electrons. The van der Waals surface area contributed by atoms with Gasteiger partial charge in [-0.05, 0) is 24.6 Å². The monoisotopic (exact) mass is 344 g/mol. The highest BCUT2D eigenvalue weighted by molar-refractivity contribution is 7.19. The summed E-state index contributed by atoms with van der Waals surface area (Å²) in [6.45, 7) is 3.13. The molecule has 0 saturated carbocycles. The normalized spacial score (nSPS) is 13.4. The Morgan fingerprint density at radius 2 is 2.12 bits per heavy atom. The molecule has 0 amide bonds. The van der Waals surface area contributed by atoms with E-state index in [0.29, 0.717) is 29.5 Å². The van der Waals surface area contributed by atoms with Crippen LogP contribution < -0.4 is 9.47 Å². The lowest BCUT2D eigenvalue weighted by Crippen LogP contribution is -2.15. The highest BCUT2D eigenvalue weighted by Gasteiger charge is 2.20. The number of aromatic carboxylic acids is 1. The maximum Gasteiger partial charge on any atom is 0.347 e. The molecule has 0 unspecified atom stereocenters. The SMILES string of the molecule is CCCc1c(C(=O)O)sc2nc(-c3ccc4c(c3)OCCO4)cn12. The molecule has 2 aromatic heterocycles. The van der Waals surface area contributed by atoms with Crippen molar-refractivity contribution < 1.29 is 19.4 Å². The Balaban J connectivity index is 1.79. The number of carboxylic acids is 1. The van der Waals surface area contributed by atoms with Crippen molar-refractivity contribution in [2.45, 2.75) is 19.8 Å². The van der Waals surface area contributed by atoms with Gasteiger partial charge in [0, 0.05) is 17.5 Å². The Bertz CT molecular complexity index is 928. The molecule has 0 aliphatic carbocycles. The molecule has 0 fully saturated rings. The predicted molar refractivity (Wildman–Crippen MR) is 90.4 cm³/mol. The van der Waals surface area contributed by atoms with E-state index < -0.39 is 5.97 Å². The van der Waals surface area contributed by atoms with E-state index in [1.807, 2.05) is 35.7 Å². The molecule has 124 valence electrons. The third-order valence-corrected chi connectivity index (χ3v) is 5.02. The van der Waals surface area contributed by atoms with Crippen LogP contribution >= 0.6 is 11.3 Å². The highest BCUT2D eigenvalue weighted by Crippen LogP contribution is 2.35. The number of aromatic nitrogens is 2. The van der Waals surface area contributed by atoms with Gasteiger partial charge < -0.3 is 14.6 Å². The van der Waals surface area contributed by atoms with Crippen LogP contribution in [0.2, 0.25) is 0 Å². The summed E-state index contributed by atoms with van der Waals surface area (Å²) >= 11 is 1.21. The maximum absolute atomic E-state index is 11.4. The Labute approximate surface area is 142 Å². The number of nitrogens with zero attached hydrogens (tertiary/aromatic N) is 2. The van der Waals surface area contributed by atoms with Crippen LogP contribution in [0.25, 0.3) is 16.2 Å². The van der Waals surface area contributed by atoms with E-state index in [4.69, 9.17) is 9.47 Å². The summed E-state index contributed by atoms with van der Waals surface area (Å²) in [7, 11) is 0. The minimum Gasteiger partial charge on any atom is -0.486 e. The van der Waals surface area contributed by atoms with Crippen molar-refractivity contribution in [1.29, 1.82) is 0 Å². The first kappa shape index (κ1) is 15.0. The number of hydrogen-bond acceptors (Lipinski definition) is 5. The quantitative estimate of drug-likeness (QED) is 0.784. The topological polar surface area (TPSA) is 73.1 Å². The minimum absolute atomic E-state index is 0.369. The molecule has 3 heterocycles. The lowest BCUT2D eigenvalue weighted by Gasteiger charge is -2.18. The van der Waals surface area contributed by atoms with Gasteiger partial charge >= 0.3 is 5.97 Å².